The van der Waals surface area contributed by atoms with E-state index >= 15 is 0 Å². The number of rotatable bonds is 2. The van der Waals surface area contributed by atoms with E-state index in [-0.39, 0.29) is 17.9 Å². The van der Waals surface area contributed by atoms with Crippen molar-refractivity contribution in [2.75, 3.05) is 0 Å². The van der Waals surface area contributed by atoms with Gasteiger partial charge in [-0.3, -0.25) is 0 Å². The van der Waals surface area contributed by atoms with E-state index in [1.165, 1.54) is 0 Å². The lowest BCUT2D eigenvalue weighted by atomic mass is 9.60. The van der Waals surface area contributed by atoms with Gasteiger partial charge in [0.05, 0.1) is 3.57 Å². The minimum absolute atomic E-state index is 0.257. The highest BCUT2D eigenvalue weighted by Crippen LogP contribution is 2.17. The van der Waals surface area contributed by atoms with E-state index in [1.807, 2.05) is 66.0 Å². The summed E-state index contributed by atoms with van der Waals surface area (Å²) in [5.74, 6) is -0.825. The molecule has 0 N–H and O–H groups in total. The second-order valence-electron chi connectivity index (χ2n) is 5.34. The van der Waals surface area contributed by atoms with Crippen LogP contribution >= 0.6 is 63.7 Å². The molecule has 0 fully saturated rings. The van der Waals surface area contributed by atoms with Crippen molar-refractivity contribution in [2.24, 2.45) is 0 Å². The van der Waals surface area contributed by atoms with E-state index < -0.39 is 11.6 Å². The van der Waals surface area contributed by atoms with Gasteiger partial charge in [0.2, 0.25) is 0 Å². The third-order valence-corrected chi connectivity index (χ3v) is 7.99. The molecule has 0 aliphatic heterocycles. The van der Waals surface area contributed by atoms with Crippen LogP contribution < -0.4 is 27.0 Å². The van der Waals surface area contributed by atoms with Crippen LogP contribution in [-0.2, 0) is 0 Å². The highest BCUT2D eigenvalue weighted by Gasteiger charge is 2.22. The van der Waals surface area contributed by atoms with Gasteiger partial charge in [-0.15, -0.1) is 18.5 Å². The van der Waals surface area contributed by atoms with Crippen LogP contribution in [0.1, 0.15) is 16.7 Å². The average molecular weight is 569 g/mol. The first-order valence-corrected chi connectivity index (χ1v) is 10.0. The van der Waals surface area contributed by atoms with E-state index in [0.29, 0.717) is 5.46 Å². The number of hydrogen-bond donors (Lipinski definition) is 0. The second kappa shape index (κ2) is 7.55. The Labute approximate surface area is 169 Å². The van der Waals surface area contributed by atoms with Crippen molar-refractivity contribution in [3.8, 4) is 0 Å². The number of halogens is 4. The molecular formula is C15H13B2F2I2P2. The van der Waals surface area contributed by atoms with Gasteiger partial charge in [0.15, 0.2) is 7.28 Å². The van der Waals surface area contributed by atoms with Gasteiger partial charge in [0.25, 0.3) is 0 Å². The summed E-state index contributed by atoms with van der Waals surface area (Å²) in [6, 6.07) is 0. The maximum atomic E-state index is 14.7. The lowest BCUT2D eigenvalue weighted by Crippen LogP contribution is -2.47. The van der Waals surface area contributed by atoms with Gasteiger partial charge < -0.3 is 0 Å². The van der Waals surface area contributed by atoms with Crippen LogP contribution in [0.4, 0.5) is 8.78 Å². The summed E-state index contributed by atoms with van der Waals surface area (Å²) in [5, 5.41) is 1.07. The van der Waals surface area contributed by atoms with E-state index in [2.05, 4.69) is 18.5 Å². The molecule has 2 atom stereocenters. The third kappa shape index (κ3) is 3.52. The topological polar surface area (TPSA) is 0 Å². The maximum absolute atomic E-state index is 14.7. The van der Waals surface area contributed by atoms with Crippen LogP contribution in [0.2, 0.25) is 0 Å². The van der Waals surface area contributed by atoms with Gasteiger partial charge in [-0.2, -0.15) is 0 Å². The molecule has 8 heteroatoms. The summed E-state index contributed by atoms with van der Waals surface area (Å²) in [6.45, 7) is 5.92. The molecule has 2 aromatic carbocycles. The van der Waals surface area contributed by atoms with Gasteiger partial charge in [0, 0.05) is 8.87 Å². The summed E-state index contributed by atoms with van der Waals surface area (Å²) in [6.07, 6.45) is 0. The molecule has 3 radical (unpaired) electrons. The minimum Gasteiger partial charge on any atom is -0.206 e. The Morgan fingerprint density at radius 3 is 1.96 bits per heavy atom. The SMILES string of the molecule is [B]c1c(C)c(C)c(C)c([B]c2c(F)c(I)c(P)c(F)c2I)c1P. The van der Waals surface area contributed by atoms with E-state index in [9.17, 15) is 8.78 Å². The normalized spacial score (nSPS) is 11.0. The molecule has 0 heterocycles. The fraction of sp³-hybridized carbons (Fsp3) is 0.200. The predicted molar refractivity (Wildman–Crippen MR) is 122 cm³/mol. The Morgan fingerprint density at radius 1 is 0.826 bits per heavy atom. The van der Waals surface area contributed by atoms with Crippen molar-refractivity contribution in [2.45, 2.75) is 20.8 Å². The van der Waals surface area contributed by atoms with E-state index in [4.69, 9.17) is 7.85 Å². The molecule has 0 spiro atoms. The molecule has 2 aromatic rings. The summed E-state index contributed by atoms with van der Waals surface area (Å²) in [7, 11) is 12.7. The standard InChI is InChI=1S/C15H13B2F2I2P2/c1-4-5(2)7(16)14(22)8(6(4)3)17-9-10(18)13(21)15(23)11(19)12(9)20/h22-23H2,1-3H3. The van der Waals surface area contributed by atoms with Crippen LogP contribution in [0.15, 0.2) is 0 Å². The largest absolute Gasteiger partial charge is 0.206 e. The van der Waals surface area contributed by atoms with Crippen molar-refractivity contribution in [3.63, 3.8) is 0 Å². The first kappa shape index (κ1) is 20.1. The average Bonchev–Trinajstić information content (AvgIpc) is 2.54. The molecule has 0 saturated heterocycles. The maximum Gasteiger partial charge on any atom is 0.198 e. The molecule has 0 aliphatic carbocycles. The molecule has 0 bridgehead atoms. The molecule has 2 rings (SSSR count). The fourth-order valence-corrected chi connectivity index (χ4v) is 4.65. The summed E-state index contributed by atoms with van der Waals surface area (Å²) in [4.78, 5) is 0. The smallest absolute Gasteiger partial charge is 0.198 e. The third-order valence-electron chi connectivity index (χ3n) is 4.13. The number of hydrogen-bond acceptors (Lipinski definition) is 0. The minimum atomic E-state index is -0.415. The van der Waals surface area contributed by atoms with Crippen LogP contribution in [0.5, 0.6) is 0 Å². The van der Waals surface area contributed by atoms with Crippen LogP contribution in [0.25, 0.3) is 0 Å². The van der Waals surface area contributed by atoms with Crippen molar-refractivity contribution >= 4 is 106 Å². The first-order valence-electron chi connectivity index (χ1n) is 6.70. The number of benzene rings is 2. The Balaban J connectivity index is 2.71. The van der Waals surface area contributed by atoms with Crippen LogP contribution in [0, 0.1) is 39.5 Å². The van der Waals surface area contributed by atoms with Gasteiger partial charge in [0.1, 0.15) is 19.5 Å². The highest BCUT2D eigenvalue weighted by atomic mass is 127. The summed E-state index contributed by atoms with van der Waals surface area (Å²) < 4.78 is 29.5. The first-order chi connectivity index (χ1) is 10.6. The van der Waals surface area contributed by atoms with Gasteiger partial charge in [-0.1, -0.05) is 22.1 Å². The van der Waals surface area contributed by atoms with Gasteiger partial charge >= 0.3 is 0 Å². The molecule has 0 nitrogen and oxygen atoms in total. The predicted octanol–water partition coefficient (Wildman–Crippen LogP) is 1.55. The van der Waals surface area contributed by atoms with Crippen LogP contribution in [0.3, 0.4) is 0 Å². The molecule has 0 aromatic heterocycles. The van der Waals surface area contributed by atoms with Gasteiger partial charge in [-0.25, -0.2) is 8.78 Å². The van der Waals surface area contributed by atoms with Crippen molar-refractivity contribution in [1.82, 2.24) is 0 Å². The molecule has 0 amide bonds. The Kier molecular flexibility index (Phi) is 6.59. The lowest BCUT2D eigenvalue weighted by Gasteiger charge is -2.20. The molecule has 0 aliphatic rings. The fourth-order valence-electron chi connectivity index (χ4n) is 2.36. The van der Waals surface area contributed by atoms with E-state index in [0.717, 1.165) is 27.5 Å². The Hall–Kier alpha value is 0.750. The molecular weight excluding hydrogens is 556 g/mol. The Morgan fingerprint density at radius 2 is 1.39 bits per heavy atom. The van der Waals surface area contributed by atoms with Gasteiger partial charge in [-0.05, 0) is 82.3 Å². The van der Waals surface area contributed by atoms with Crippen molar-refractivity contribution in [3.05, 3.63) is 35.5 Å². The van der Waals surface area contributed by atoms with Crippen molar-refractivity contribution in [1.29, 1.82) is 0 Å². The zero-order valence-corrected chi connectivity index (χ0v) is 19.4. The molecule has 2 unspecified atom stereocenters. The monoisotopic (exact) mass is 569 g/mol. The zero-order valence-electron chi connectivity index (χ0n) is 12.8. The van der Waals surface area contributed by atoms with E-state index in [1.54, 1.807) is 7.28 Å². The quantitative estimate of drug-likeness (QED) is 0.223. The lowest BCUT2D eigenvalue weighted by molar-refractivity contribution is 0.603. The Bertz CT molecular complexity index is 701. The van der Waals surface area contributed by atoms with Crippen LogP contribution in [-0.4, -0.2) is 15.1 Å². The molecule has 0 saturated carbocycles. The van der Waals surface area contributed by atoms with Crippen molar-refractivity contribution < 1.29 is 8.78 Å². The molecule has 117 valence electrons. The summed E-state index contributed by atoms with van der Waals surface area (Å²) >= 11 is 3.67. The zero-order chi connectivity index (χ0) is 17.6. The highest BCUT2D eigenvalue weighted by molar-refractivity contribution is 14.1. The summed E-state index contributed by atoms with van der Waals surface area (Å²) in [5.41, 5.74) is 4.83. The second-order valence-corrected chi connectivity index (χ2v) is 8.66. The molecule has 23 heavy (non-hydrogen) atoms.